The van der Waals surface area contributed by atoms with E-state index in [4.69, 9.17) is 0 Å². The summed E-state index contributed by atoms with van der Waals surface area (Å²) in [5.41, 5.74) is 17.0. The van der Waals surface area contributed by atoms with Crippen LogP contribution in [0, 0.1) is 6.92 Å². The molecule has 0 bridgehead atoms. The zero-order valence-corrected chi connectivity index (χ0v) is 34.4. The molecule has 8 aromatic carbocycles. The molecule has 0 radical (unpaired) electrons. The number of rotatable bonds is 10. The summed E-state index contributed by atoms with van der Waals surface area (Å²) in [5, 5.41) is 2.46. The quantitative estimate of drug-likeness (QED) is 0.122. The summed E-state index contributed by atoms with van der Waals surface area (Å²) in [5.74, 6) is 0. The van der Waals surface area contributed by atoms with E-state index in [1.165, 1.54) is 77.6 Å². The van der Waals surface area contributed by atoms with Crippen molar-refractivity contribution < 1.29 is 0 Å². The lowest BCUT2D eigenvalue weighted by Crippen LogP contribution is -2.10. The third-order valence-corrected chi connectivity index (χ3v) is 11.0. The molecule has 0 aliphatic rings. The minimum Gasteiger partial charge on any atom is -0.0622 e. The van der Waals surface area contributed by atoms with Crippen LogP contribution < -0.4 is 0 Å². The summed E-state index contributed by atoms with van der Waals surface area (Å²) >= 11 is 0. The van der Waals surface area contributed by atoms with Gasteiger partial charge in [-0.25, -0.2) is 0 Å². The second-order valence-electron chi connectivity index (χ2n) is 16.4. The summed E-state index contributed by atoms with van der Waals surface area (Å²) < 4.78 is 0. The van der Waals surface area contributed by atoms with Gasteiger partial charge in [-0.3, -0.25) is 0 Å². The van der Waals surface area contributed by atoms with E-state index in [0.717, 1.165) is 11.1 Å². The van der Waals surface area contributed by atoms with E-state index in [1.54, 1.807) is 0 Å². The van der Waals surface area contributed by atoms with Gasteiger partial charge in [0.25, 0.3) is 0 Å². The van der Waals surface area contributed by atoms with Gasteiger partial charge in [-0.15, -0.1) is 0 Å². The number of hydrogen-bond acceptors (Lipinski definition) is 0. The highest BCUT2D eigenvalue weighted by atomic mass is 14.2. The van der Waals surface area contributed by atoms with Crippen LogP contribution in [0.25, 0.3) is 58.4 Å². The Kier molecular flexibility index (Phi) is 11.6. The smallest absolute Gasteiger partial charge is 0.0105 e. The molecule has 0 saturated carbocycles. The Morgan fingerprint density at radius 3 is 1.12 bits per heavy atom. The van der Waals surface area contributed by atoms with Crippen molar-refractivity contribution in [1.82, 2.24) is 0 Å². The number of aryl methyl sites for hydroxylation is 1. The number of benzene rings is 8. The SMILES string of the molecule is Cc1ccc(/C(=C\c2ccc(/C=C\c3cc4ccccc4cc3/C=C\c3ccc(/C=C(/c4ccccc4)c4ccc(C(C)(C)C)cc4)cc3)cc2)c2ccccc2)cc1. The fraction of sp³-hybridized carbons (Fsp3) is 0.0847. The molecule has 0 aromatic heterocycles. The molecule has 0 atom stereocenters. The molecular weight excluding hydrogens is 709 g/mol. The third-order valence-electron chi connectivity index (χ3n) is 11.0. The molecule has 59 heavy (non-hydrogen) atoms. The molecule has 0 aliphatic carbocycles. The van der Waals surface area contributed by atoms with E-state index in [1.807, 2.05) is 0 Å². The van der Waals surface area contributed by atoms with Crippen molar-refractivity contribution in [3.05, 3.63) is 261 Å². The van der Waals surface area contributed by atoms with Crippen molar-refractivity contribution in [2.75, 3.05) is 0 Å². The molecular formula is C59H50. The van der Waals surface area contributed by atoms with E-state index in [9.17, 15) is 0 Å². The maximum Gasteiger partial charge on any atom is -0.0105 e. The summed E-state index contributed by atoms with van der Waals surface area (Å²) in [6, 6.07) is 70.0. The molecule has 0 fully saturated rings. The molecule has 0 aliphatic heterocycles. The Morgan fingerprint density at radius 2 is 0.712 bits per heavy atom. The standard InChI is InChI=1S/C59H50/c1-43-19-31-50(32-20-43)57(48-13-7-5-8-14-48)39-46-25-21-44(22-26-46)29-33-54-41-52-17-11-12-18-53(52)42-55(54)34-30-45-23-27-47(28-24-45)40-58(49-15-9-6-10-16-49)51-35-37-56(38-36-51)59(2,3)4/h5-42H,1-4H3/b33-29-,34-30-,57-39-,58-40-. The van der Waals surface area contributed by atoms with Gasteiger partial charge in [0.05, 0.1) is 0 Å². The first kappa shape index (κ1) is 38.8. The number of fused-ring (bicyclic) bond motifs is 1. The first-order valence-corrected chi connectivity index (χ1v) is 20.6. The van der Waals surface area contributed by atoms with Crippen molar-refractivity contribution in [3.8, 4) is 0 Å². The van der Waals surface area contributed by atoms with E-state index >= 15 is 0 Å². The Balaban J connectivity index is 1.05. The predicted molar refractivity (Wildman–Crippen MR) is 258 cm³/mol. The van der Waals surface area contributed by atoms with E-state index in [-0.39, 0.29) is 5.41 Å². The second kappa shape index (κ2) is 17.6. The van der Waals surface area contributed by atoms with Crippen LogP contribution in [0.2, 0.25) is 0 Å². The molecule has 286 valence electrons. The first-order chi connectivity index (χ1) is 28.7. The fourth-order valence-electron chi connectivity index (χ4n) is 7.46. The largest absolute Gasteiger partial charge is 0.0622 e. The topological polar surface area (TPSA) is 0 Å². The van der Waals surface area contributed by atoms with Gasteiger partial charge in [-0.05, 0) is 120 Å². The van der Waals surface area contributed by atoms with Crippen LogP contribution in [0.1, 0.15) is 87.5 Å². The van der Waals surface area contributed by atoms with Gasteiger partial charge in [0.15, 0.2) is 0 Å². The van der Waals surface area contributed by atoms with Crippen LogP contribution in [0.15, 0.2) is 194 Å². The maximum atomic E-state index is 2.30. The zero-order valence-electron chi connectivity index (χ0n) is 34.4. The molecule has 0 amide bonds. The minimum absolute atomic E-state index is 0.114. The highest BCUT2D eigenvalue weighted by Gasteiger charge is 2.14. The number of hydrogen-bond donors (Lipinski definition) is 0. The van der Waals surface area contributed by atoms with Gasteiger partial charge >= 0.3 is 0 Å². The highest BCUT2D eigenvalue weighted by Crippen LogP contribution is 2.31. The fourth-order valence-corrected chi connectivity index (χ4v) is 7.46. The Morgan fingerprint density at radius 1 is 0.356 bits per heavy atom. The molecule has 0 saturated heterocycles. The molecule has 0 spiro atoms. The second-order valence-corrected chi connectivity index (χ2v) is 16.4. The van der Waals surface area contributed by atoms with Crippen LogP contribution in [-0.4, -0.2) is 0 Å². The molecule has 8 aromatic rings. The van der Waals surface area contributed by atoms with Crippen molar-refractivity contribution in [1.29, 1.82) is 0 Å². The van der Waals surface area contributed by atoms with Crippen LogP contribution in [0.3, 0.4) is 0 Å². The van der Waals surface area contributed by atoms with Gasteiger partial charge in [0.2, 0.25) is 0 Å². The lowest BCUT2D eigenvalue weighted by molar-refractivity contribution is 0.590. The van der Waals surface area contributed by atoms with Gasteiger partial charge in [0, 0.05) is 0 Å². The first-order valence-electron chi connectivity index (χ1n) is 20.6. The lowest BCUT2D eigenvalue weighted by Gasteiger charge is -2.19. The van der Waals surface area contributed by atoms with E-state index < -0.39 is 0 Å². The highest BCUT2D eigenvalue weighted by molar-refractivity contribution is 5.94. The lowest BCUT2D eigenvalue weighted by atomic mass is 9.85. The molecule has 0 heteroatoms. The van der Waals surface area contributed by atoms with Crippen LogP contribution in [0.5, 0.6) is 0 Å². The minimum atomic E-state index is 0.114. The van der Waals surface area contributed by atoms with Crippen molar-refractivity contribution in [3.63, 3.8) is 0 Å². The van der Waals surface area contributed by atoms with Crippen LogP contribution in [-0.2, 0) is 5.41 Å². The molecule has 0 N–H and O–H groups in total. The molecule has 8 rings (SSSR count). The van der Waals surface area contributed by atoms with Crippen LogP contribution >= 0.6 is 0 Å². The Labute approximate surface area is 350 Å². The van der Waals surface area contributed by atoms with Gasteiger partial charge < -0.3 is 0 Å². The van der Waals surface area contributed by atoms with Gasteiger partial charge in [-0.2, -0.15) is 0 Å². The van der Waals surface area contributed by atoms with Crippen LogP contribution in [0.4, 0.5) is 0 Å². The third kappa shape index (κ3) is 9.75. The normalized spacial score (nSPS) is 12.5. The average Bonchev–Trinajstić information content (AvgIpc) is 3.27. The monoisotopic (exact) mass is 758 g/mol. The van der Waals surface area contributed by atoms with Crippen molar-refractivity contribution >= 4 is 58.4 Å². The molecule has 0 heterocycles. The maximum absolute atomic E-state index is 2.30. The summed E-state index contributed by atoms with van der Waals surface area (Å²) in [4.78, 5) is 0. The van der Waals surface area contributed by atoms with Gasteiger partial charge in [-0.1, -0.05) is 233 Å². The zero-order chi connectivity index (χ0) is 40.6. The average molecular weight is 759 g/mol. The van der Waals surface area contributed by atoms with Crippen molar-refractivity contribution in [2.24, 2.45) is 0 Å². The predicted octanol–water partition coefficient (Wildman–Crippen LogP) is 16.0. The Bertz CT molecular complexity index is 2770. The van der Waals surface area contributed by atoms with Crippen molar-refractivity contribution in [2.45, 2.75) is 33.1 Å². The van der Waals surface area contributed by atoms with Gasteiger partial charge in [0.1, 0.15) is 0 Å². The molecule has 0 unspecified atom stereocenters. The summed E-state index contributed by atoms with van der Waals surface area (Å²) in [6.07, 6.45) is 13.5. The summed E-state index contributed by atoms with van der Waals surface area (Å²) in [7, 11) is 0. The summed E-state index contributed by atoms with van der Waals surface area (Å²) in [6.45, 7) is 8.91. The van der Waals surface area contributed by atoms with E-state index in [0.29, 0.717) is 0 Å². The Hall–Kier alpha value is -7.02. The molecule has 0 nitrogen and oxygen atoms in total. The van der Waals surface area contributed by atoms with E-state index in [2.05, 4.69) is 258 Å².